The van der Waals surface area contributed by atoms with Crippen LogP contribution in [-0.4, -0.2) is 111 Å². The summed E-state index contributed by atoms with van der Waals surface area (Å²) >= 11 is 1.46. The van der Waals surface area contributed by atoms with Crippen molar-refractivity contribution >= 4 is 47.3 Å². The predicted molar refractivity (Wildman–Crippen MR) is 171 cm³/mol. The molecule has 0 spiro atoms. The largest absolute Gasteiger partial charge is 0.480 e. The molecule has 11 N–H and O–H groups in total. The summed E-state index contributed by atoms with van der Waals surface area (Å²) in [6.07, 6.45) is 7.35. The number of carboxylic acids is 1. The third-order valence-corrected chi connectivity index (χ3v) is 8.39. The minimum absolute atomic E-state index is 0.0781. The SMILES string of the molecule is CC[C@H](C)[C@H](NC(=O)[C@@H]1CCCN1C(=O)[C@@H](N)Cc1cnc[nH]1)C(=O)N[C@@H](CCSC)C(=O)N[C@@H](CCCN=C(N)N)C(=O)O. The van der Waals surface area contributed by atoms with Crippen LogP contribution in [0.25, 0.3) is 0 Å². The molecule has 2 heterocycles. The van der Waals surface area contributed by atoms with Crippen molar-refractivity contribution in [3.8, 4) is 0 Å². The molecular weight excluding hydrogens is 604 g/mol. The van der Waals surface area contributed by atoms with Gasteiger partial charge in [-0.1, -0.05) is 20.3 Å². The molecule has 17 heteroatoms. The van der Waals surface area contributed by atoms with Crippen LogP contribution in [0.4, 0.5) is 0 Å². The van der Waals surface area contributed by atoms with Gasteiger partial charge >= 0.3 is 5.97 Å². The van der Waals surface area contributed by atoms with Gasteiger partial charge in [0.1, 0.15) is 24.2 Å². The summed E-state index contributed by atoms with van der Waals surface area (Å²) in [5.74, 6) is -3.22. The zero-order valence-electron chi connectivity index (χ0n) is 26.2. The molecule has 1 saturated heterocycles. The topological polar surface area (TPSA) is 264 Å². The van der Waals surface area contributed by atoms with Gasteiger partial charge in [-0.2, -0.15) is 11.8 Å². The van der Waals surface area contributed by atoms with Crippen molar-refractivity contribution in [2.75, 3.05) is 25.1 Å². The molecule has 45 heavy (non-hydrogen) atoms. The maximum Gasteiger partial charge on any atom is 0.326 e. The Morgan fingerprint density at radius 3 is 2.47 bits per heavy atom. The first kappa shape index (κ1) is 37.3. The molecule has 6 atom stereocenters. The Hall–Kier alpha value is -3.86. The van der Waals surface area contributed by atoms with Gasteiger partial charge in [0.25, 0.3) is 0 Å². The first-order chi connectivity index (χ1) is 21.4. The number of aliphatic imine (C=N–C) groups is 1. The molecule has 1 aliphatic heterocycles. The van der Waals surface area contributed by atoms with Crippen LogP contribution in [0, 0.1) is 5.92 Å². The van der Waals surface area contributed by atoms with Crippen LogP contribution in [0.15, 0.2) is 17.5 Å². The van der Waals surface area contributed by atoms with Crippen molar-refractivity contribution in [1.29, 1.82) is 0 Å². The molecule has 0 radical (unpaired) electrons. The van der Waals surface area contributed by atoms with Gasteiger partial charge < -0.3 is 48.1 Å². The number of thioether (sulfide) groups is 1. The number of carbonyl (C=O) groups excluding carboxylic acids is 4. The van der Waals surface area contributed by atoms with Crippen LogP contribution in [0.1, 0.15) is 58.1 Å². The normalized spacial score (nSPS) is 17.8. The number of H-pyrrole nitrogens is 1. The minimum Gasteiger partial charge on any atom is -0.480 e. The van der Waals surface area contributed by atoms with E-state index in [4.69, 9.17) is 17.2 Å². The highest BCUT2D eigenvalue weighted by Crippen LogP contribution is 2.20. The summed E-state index contributed by atoms with van der Waals surface area (Å²) in [6, 6.07) is -4.92. The smallest absolute Gasteiger partial charge is 0.326 e. The second-order valence-electron chi connectivity index (χ2n) is 11.1. The molecule has 0 aliphatic carbocycles. The third kappa shape index (κ3) is 11.9. The molecule has 0 unspecified atom stereocenters. The van der Waals surface area contributed by atoms with Crippen molar-refractivity contribution in [3.05, 3.63) is 18.2 Å². The lowest BCUT2D eigenvalue weighted by molar-refractivity contribution is -0.142. The second-order valence-corrected chi connectivity index (χ2v) is 12.1. The lowest BCUT2D eigenvalue weighted by atomic mass is 9.97. The molecule has 0 aromatic carbocycles. The zero-order valence-corrected chi connectivity index (χ0v) is 27.0. The maximum atomic E-state index is 13.6. The van der Waals surface area contributed by atoms with Crippen LogP contribution >= 0.6 is 11.8 Å². The Bertz CT molecular complexity index is 1160. The number of carbonyl (C=O) groups is 5. The van der Waals surface area contributed by atoms with Gasteiger partial charge in [0.05, 0.1) is 12.4 Å². The summed E-state index contributed by atoms with van der Waals surface area (Å²) in [5, 5.41) is 17.7. The molecule has 2 rings (SSSR count). The van der Waals surface area contributed by atoms with E-state index in [-0.39, 0.29) is 43.6 Å². The van der Waals surface area contributed by atoms with Crippen LogP contribution in [0.5, 0.6) is 0 Å². The van der Waals surface area contributed by atoms with Crippen LogP contribution < -0.4 is 33.2 Å². The number of carboxylic acid groups (broad SMARTS) is 1. The minimum atomic E-state index is -1.23. The second kappa shape index (κ2) is 18.8. The number of hydrogen-bond donors (Lipinski definition) is 8. The van der Waals surface area contributed by atoms with Gasteiger partial charge in [-0.15, -0.1) is 0 Å². The Morgan fingerprint density at radius 1 is 1.16 bits per heavy atom. The maximum absolute atomic E-state index is 13.6. The molecule has 4 amide bonds. The Morgan fingerprint density at radius 2 is 1.87 bits per heavy atom. The van der Waals surface area contributed by atoms with Gasteiger partial charge in [0.2, 0.25) is 23.6 Å². The van der Waals surface area contributed by atoms with Crippen molar-refractivity contribution in [2.24, 2.45) is 28.1 Å². The van der Waals surface area contributed by atoms with E-state index < -0.39 is 53.9 Å². The lowest BCUT2D eigenvalue weighted by Gasteiger charge is -2.30. The number of amides is 4. The third-order valence-electron chi connectivity index (χ3n) is 7.75. The zero-order chi connectivity index (χ0) is 33.5. The summed E-state index contributed by atoms with van der Waals surface area (Å²) in [7, 11) is 0. The van der Waals surface area contributed by atoms with Gasteiger partial charge in [-0.25, -0.2) is 9.78 Å². The van der Waals surface area contributed by atoms with E-state index in [2.05, 4.69) is 30.9 Å². The quantitative estimate of drug-likeness (QED) is 0.0492. The number of likely N-dealkylation sites (tertiary alicyclic amines) is 1. The van der Waals surface area contributed by atoms with Crippen molar-refractivity contribution in [2.45, 2.75) is 89.0 Å². The molecule has 1 fully saturated rings. The number of aromatic nitrogens is 2. The van der Waals surface area contributed by atoms with E-state index in [1.54, 1.807) is 13.1 Å². The van der Waals surface area contributed by atoms with Gasteiger partial charge in [0, 0.05) is 31.4 Å². The highest BCUT2D eigenvalue weighted by Gasteiger charge is 2.39. The van der Waals surface area contributed by atoms with Crippen LogP contribution in [-0.2, 0) is 30.4 Å². The number of rotatable bonds is 19. The highest BCUT2D eigenvalue weighted by atomic mass is 32.2. The molecule has 1 aliphatic rings. The number of nitrogens with one attached hydrogen (secondary N) is 4. The molecular formula is C28H48N10O6S. The number of imidazole rings is 1. The molecule has 252 valence electrons. The van der Waals surface area contributed by atoms with E-state index in [1.807, 2.05) is 13.2 Å². The summed E-state index contributed by atoms with van der Waals surface area (Å²) < 4.78 is 0. The monoisotopic (exact) mass is 652 g/mol. The molecule has 1 aromatic heterocycles. The predicted octanol–water partition coefficient (Wildman–Crippen LogP) is -1.34. The van der Waals surface area contributed by atoms with E-state index in [0.717, 1.165) is 0 Å². The Balaban J connectivity index is 2.12. The number of hydrogen-bond acceptors (Lipinski definition) is 9. The van der Waals surface area contributed by atoms with Gasteiger partial charge in [0.15, 0.2) is 5.96 Å². The fourth-order valence-electron chi connectivity index (χ4n) is 4.99. The van der Waals surface area contributed by atoms with Gasteiger partial charge in [-0.3, -0.25) is 24.2 Å². The average molecular weight is 653 g/mol. The van der Waals surface area contributed by atoms with E-state index in [9.17, 15) is 29.1 Å². The Kier molecular flexibility index (Phi) is 15.6. The van der Waals surface area contributed by atoms with Crippen molar-refractivity contribution in [1.82, 2.24) is 30.8 Å². The Labute approximate surface area is 267 Å². The average Bonchev–Trinajstić information content (AvgIpc) is 3.70. The van der Waals surface area contributed by atoms with Crippen molar-refractivity contribution in [3.63, 3.8) is 0 Å². The fraction of sp³-hybridized carbons (Fsp3) is 0.679. The first-order valence-electron chi connectivity index (χ1n) is 15.1. The standard InChI is InChI=1S/C28H48N10O6S/c1-4-16(2)22(37-24(40)21-8-6-11-38(21)26(42)18(29)13-17-14-32-15-34-17)25(41)35-19(9-12-45-3)23(39)36-20(27(43)44)7-5-10-33-28(30)31/h14-16,18-22H,4-13,29H2,1-3H3,(H,32,34)(H,35,41)(H,36,39)(H,37,40)(H,43,44)(H4,30,31,33)/t16-,18-,19-,20-,21-,22-/m0/s1. The van der Waals surface area contributed by atoms with E-state index in [1.165, 1.54) is 23.0 Å². The first-order valence-corrected chi connectivity index (χ1v) is 16.5. The molecule has 0 saturated carbocycles. The summed E-state index contributed by atoms with van der Waals surface area (Å²) in [6.45, 7) is 4.23. The van der Waals surface area contributed by atoms with Crippen LogP contribution in [0.3, 0.4) is 0 Å². The summed E-state index contributed by atoms with van der Waals surface area (Å²) in [5.41, 5.74) is 17.5. The number of guanidine groups is 1. The molecule has 0 bridgehead atoms. The van der Waals surface area contributed by atoms with Gasteiger partial charge in [-0.05, 0) is 50.0 Å². The number of nitrogens with two attached hydrogens (primary N) is 3. The number of aromatic amines is 1. The van der Waals surface area contributed by atoms with Crippen LogP contribution in [0.2, 0.25) is 0 Å². The molecule has 16 nitrogen and oxygen atoms in total. The highest BCUT2D eigenvalue weighted by molar-refractivity contribution is 7.98. The molecule has 1 aromatic rings. The van der Waals surface area contributed by atoms with E-state index in [0.29, 0.717) is 43.7 Å². The van der Waals surface area contributed by atoms with Crippen molar-refractivity contribution < 1.29 is 29.1 Å². The number of aliphatic carboxylic acids is 1. The summed E-state index contributed by atoms with van der Waals surface area (Å²) in [4.78, 5) is 77.4. The van der Waals surface area contributed by atoms with E-state index >= 15 is 0 Å². The number of nitrogens with zero attached hydrogens (tertiary/aromatic N) is 3. The fourth-order valence-corrected chi connectivity index (χ4v) is 5.46. The lowest BCUT2D eigenvalue weighted by Crippen LogP contribution is -2.59.